The first kappa shape index (κ1) is 15.7. The van der Waals surface area contributed by atoms with Crippen molar-refractivity contribution in [2.24, 2.45) is 0 Å². The van der Waals surface area contributed by atoms with Crippen LogP contribution in [0, 0.1) is 0 Å². The summed E-state index contributed by atoms with van der Waals surface area (Å²) in [7, 11) is 0. The fourth-order valence-electron chi connectivity index (χ4n) is 2.32. The van der Waals surface area contributed by atoms with Gasteiger partial charge in [-0.3, -0.25) is 9.59 Å². The Bertz CT molecular complexity index is 923. The Morgan fingerprint density at radius 2 is 2.00 bits per heavy atom. The van der Waals surface area contributed by atoms with Gasteiger partial charge in [-0.2, -0.15) is 0 Å². The molecule has 3 aromatic rings. The van der Waals surface area contributed by atoms with Gasteiger partial charge in [0, 0.05) is 18.7 Å². The molecule has 0 atom stereocenters. The minimum Gasteiger partial charge on any atom is -0.448 e. The van der Waals surface area contributed by atoms with E-state index in [2.05, 4.69) is 11.6 Å². The third-order valence-electron chi connectivity index (χ3n) is 3.59. The molecule has 120 valence electrons. The van der Waals surface area contributed by atoms with Crippen LogP contribution < -0.4 is 5.56 Å². The first-order valence-electron chi connectivity index (χ1n) is 7.50. The van der Waals surface area contributed by atoms with Crippen LogP contribution in [0.3, 0.4) is 0 Å². The first-order chi connectivity index (χ1) is 11.7. The SMILES string of the molecule is C=Cc1ccc(=O)n(CC(=O)c2coc(Cc3ccccc3)n2)c1. The highest BCUT2D eigenvalue weighted by Crippen LogP contribution is 2.10. The number of hydrogen-bond donors (Lipinski definition) is 0. The second-order valence-corrected chi connectivity index (χ2v) is 5.34. The molecule has 3 rings (SSSR count). The van der Waals surface area contributed by atoms with Crippen molar-refractivity contribution in [3.05, 3.63) is 94.6 Å². The van der Waals surface area contributed by atoms with Gasteiger partial charge in [-0.25, -0.2) is 4.98 Å². The number of hydrogen-bond acceptors (Lipinski definition) is 4. The summed E-state index contributed by atoms with van der Waals surface area (Å²) < 4.78 is 6.71. The lowest BCUT2D eigenvalue weighted by Crippen LogP contribution is -2.23. The van der Waals surface area contributed by atoms with E-state index >= 15 is 0 Å². The molecule has 0 aliphatic carbocycles. The van der Waals surface area contributed by atoms with Crippen LogP contribution in [0.15, 0.2) is 70.7 Å². The van der Waals surface area contributed by atoms with E-state index in [-0.39, 0.29) is 23.6 Å². The molecule has 0 unspecified atom stereocenters. The average Bonchev–Trinajstić information content (AvgIpc) is 3.06. The number of nitrogens with zero attached hydrogens (tertiary/aromatic N) is 2. The maximum absolute atomic E-state index is 12.3. The largest absolute Gasteiger partial charge is 0.448 e. The van der Waals surface area contributed by atoms with Crippen LogP contribution in [-0.2, 0) is 13.0 Å². The van der Waals surface area contributed by atoms with Gasteiger partial charge in [0.25, 0.3) is 5.56 Å². The van der Waals surface area contributed by atoms with Gasteiger partial charge in [0.2, 0.25) is 5.78 Å². The molecule has 5 nitrogen and oxygen atoms in total. The van der Waals surface area contributed by atoms with Crippen molar-refractivity contribution >= 4 is 11.9 Å². The van der Waals surface area contributed by atoms with E-state index in [1.54, 1.807) is 18.3 Å². The fourth-order valence-corrected chi connectivity index (χ4v) is 2.32. The number of oxazole rings is 1. The van der Waals surface area contributed by atoms with E-state index in [4.69, 9.17) is 4.42 Å². The number of ketones is 1. The van der Waals surface area contributed by atoms with Crippen LogP contribution >= 0.6 is 0 Å². The number of carbonyl (C=O) groups excluding carboxylic acids is 1. The van der Waals surface area contributed by atoms with Crippen molar-refractivity contribution in [2.75, 3.05) is 0 Å². The summed E-state index contributed by atoms with van der Waals surface area (Å²) in [6.45, 7) is 3.57. The number of benzene rings is 1. The monoisotopic (exact) mass is 320 g/mol. The van der Waals surface area contributed by atoms with Crippen molar-refractivity contribution in [3.8, 4) is 0 Å². The third-order valence-corrected chi connectivity index (χ3v) is 3.59. The van der Waals surface area contributed by atoms with E-state index in [1.165, 1.54) is 16.9 Å². The Hall–Kier alpha value is -3.21. The molecule has 0 fully saturated rings. The molecule has 5 heteroatoms. The molecule has 24 heavy (non-hydrogen) atoms. The highest BCUT2D eigenvalue weighted by atomic mass is 16.3. The molecule has 0 saturated carbocycles. The number of aromatic nitrogens is 2. The summed E-state index contributed by atoms with van der Waals surface area (Å²) in [6, 6.07) is 12.8. The van der Waals surface area contributed by atoms with Gasteiger partial charge < -0.3 is 8.98 Å². The van der Waals surface area contributed by atoms with Gasteiger partial charge in [0.1, 0.15) is 12.0 Å². The van der Waals surface area contributed by atoms with Crippen molar-refractivity contribution in [1.82, 2.24) is 9.55 Å². The number of rotatable bonds is 6. The van der Waals surface area contributed by atoms with E-state index < -0.39 is 0 Å². The Labute approximate surface area is 138 Å². The number of carbonyl (C=O) groups is 1. The third kappa shape index (κ3) is 3.57. The molecule has 0 saturated heterocycles. The summed E-state index contributed by atoms with van der Waals surface area (Å²) in [6.07, 6.45) is 5.07. The van der Waals surface area contributed by atoms with Crippen molar-refractivity contribution < 1.29 is 9.21 Å². The van der Waals surface area contributed by atoms with E-state index in [9.17, 15) is 9.59 Å². The molecular weight excluding hydrogens is 304 g/mol. The molecule has 0 N–H and O–H groups in total. The van der Waals surface area contributed by atoms with Crippen LogP contribution in [0.1, 0.15) is 27.5 Å². The van der Waals surface area contributed by atoms with Crippen molar-refractivity contribution in [1.29, 1.82) is 0 Å². The van der Waals surface area contributed by atoms with Crippen LogP contribution in [-0.4, -0.2) is 15.3 Å². The van der Waals surface area contributed by atoms with Crippen LogP contribution in [0.4, 0.5) is 0 Å². The summed E-state index contributed by atoms with van der Waals surface area (Å²) in [5.41, 5.74) is 1.79. The normalized spacial score (nSPS) is 10.5. The standard InChI is InChI=1S/C19H16N2O3/c1-2-14-8-9-19(23)21(11-14)12-17(22)16-13-24-18(20-16)10-15-6-4-3-5-7-15/h2-9,11,13H,1,10,12H2. The van der Waals surface area contributed by atoms with Crippen molar-refractivity contribution in [3.63, 3.8) is 0 Å². The Morgan fingerprint density at radius 1 is 1.21 bits per heavy atom. The Kier molecular flexibility index (Phi) is 4.52. The maximum Gasteiger partial charge on any atom is 0.250 e. The summed E-state index contributed by atoms with van der Waals surface area (Å²) >= 11 is 0. The highest BCUT2D eigenvalue weighted by Gasteiger charge is 2.14. The number of Topliss-reactive ketones (excluding diaryl/α,β-unsaturated/α-hetero) is 1. The molecule has 0 radical (unpaired) electrons. The lowest BCUT2D eigenvalue weighted by atomic mass is 10.1. The lowest BCUT2D eigenvalue weighted by molar-refractivity contribution is 0.0966. The van der Waals surface area contributed by atoms with Crippen molar-refractivity contribution in [2.45, 2.75) is 13.0 Å². The highest BCUT2D eigenvalue weighted by molar-refractivity contribution is 5.93. The van der Waals surface area contributed by atoms with E-state index in [0.29, 0.717) is 12.3 Å². The van der Waals surface area contributed by atoms with E-state index in [0.717, 1.165) is 11.1 Å². The smallest absolute Gasteiger partial charge is 0.250 e. The molecule has 0 aliphatic heterocycles. The van der Waals surface area contributed by atoms with Gasteiger partial charge >= 0.3 is 0 Å². The topological polar surface area (TPSA) is 65.1 Å². The lowest BCUT2D eigenvalue weighted by Gasteiger charge is -2.04. The molecule has 2 aromatic heterocycles. The molecule has 0 amide bonds. The zero-order valence-electron chi connectivity index (χ0n) is 13.0. The predicted octanol–water partition coefficient (Wildman–Crippen LogP) is 2.95. The van der Waals surface area contributed by atoms with Gasteiger partial charge in [0.15, 0.2) is 5.89 Å². The fraction of sp³-hybridized carbons (Fsp3) is 0.105. The molecule has 0 bridgehead atoms. The summed E-state index contributed by atoms with van der Waals surface area (Å²) in [5, 5.41) is 0. The van der Waals surface area contributed by atoms with E-state index in [1.807, 2.05) is 30.3 Å². The van der Waals surface area contributed by atoms with Crippen LogP contribution in [0.25, 0.3) is 6.08 Å². The number of pyridine rings is 1. The predicted molar refractivity (Wildman–Crippen MR) is 90.9 cm³/mol. The van der Waals surface area contributed by atoms with Gasteiger partial charge in [0.05, 0.1) is 6.54 Å². The van der Waals surface area contributed by atoms with Crippen LogP contribution in [0.5, 0.6) is 0 Å². The minimum atomic E-state index is -0.277. The quantitative estimate of drug-likeness (QED) is 0.655. The van der Waals surface area contributed by atoms with Gasteiger partial charge in [-0.15, -0.1) is 0 Å². The average molecular weight is 320 g/mol. The second kappa shape index (κ2) is 6.91. The molecule has 1 aromatic carbocycles. The Balaban J connectivity index is 1.74. The van der Waals surface area contributed by atoms with Gasteiger partial charge in [-0.1, -0.05) is 43.0 Å². The molecule has 0 spiro atoms. The second-order valence-electron chi connectivity index (χ2n) is 5.34. The Morgan fingerprint density at radius 3 is 2.75 bits per heavy atom. The summed E-state index contributed by atoms with van der Waals surface area (Å²) in [4.78, 5) is 28.4. The zero-order chi connectivity index (χ0) is 16.9. The molecule has 2 heterocycles. The maximum atomic E-state index is 12.3. The molecular formula is C19H16N2O3. The van der Waals surface area contributed by atoms with Gasteiger partial charge in [-0.05, 0) is 17.2 Å². The molecule has 0 aliphatic rings. The minimum absolute atomic E-state index is 0.0855. The van der Waals surface area contributed by atoms with Crippen LogP contribution in [0.2, 0.25) is 0 Å². The zero-order valence-corrected chi connectivity index (χ0v) is 13.0. The summed E-state index contributed by atoms with van der Waals surface area (Å²) in [5.74, 6) is 0.193. The first-order valence-corrected chi connectivity index (χ1v) is 7.50.